The van der Waals surface area contributed by atoms with E-state index < -0.39 is 0 Å². The van der Waals surface area contributed by atoms with Crippen molar-refractivity contribution in [3.63, 3.8) is 0 Å². The molecule has 0 aromatic heterocycles. The van der Waals surface area contributed by atoms with Crippen LogP contribution in [-0.2, 0) is 0 Å². The van der Waals surface area contributed by atoms with Crippen molar-refractivity contribution in [2.45, 2.75) is 0 Å². The first kappa shape index (κ1) is 11.7. The zero-order valence-electron chi connectivity index (χ0n) is 9.67. The standard InChI is InChI=1S/C14H12N4/c15-9-10-5-1-4-8-13(10)18-14(17)11-6-2-3-7-12(11)16/h1-8H,16H2,(H2,17,18). The largest absolute Gasteiger partial charge is 0.398 e. The number of nitriles is 1. The highest BCUT2D eigenvalue weighted by Gasteiger charge is 2.04. The summed E-state index contributed by atoms with van der Waals surface area (Å²) in [4.78, 5) is 4.25. The molecule has 0 bridgehead atoms. The van der Waals surface area contributed by atoms with Crippen LogP contribution in [-0.4, -0.2) is 5.84 Å². The van der Waals surface area contributed by atoms with Gasteiger partial charge in [0.2, 0.25) is 0 Å². The average molecular weight is 236 g/mol. The third kappa shape index (κ3) is 2.30. The molecule has 0 atom stereocenters. The van der Waals surface area contributed by atoms with E-state index in [4.69, 9.17) is 16.7 Å². The molecule has 0 aliphatic heterocycles. The zero-order valence-corrected chi connectivity index (χ0v) is 9.67. The average Bonchev–Trinajstić information content (AvgIpc) is 2.39. The van der Waals surface area contributed by atoms with Crippen LogP contribution in [0.25, 0.3) is 0 Å². The second-order valence-corrected chi connectivity index (χ2v) is 3.71. The van der Waals surface area contributed by atoms with Gasteiger partial charge in [-0.15, -0.1) is 0 Å². The molecule has 4 N–H and O–H groups in total. The fourth-order valence-corrected chi connectivity index (χ4v) is 1.59. The van der Waals surface area contributed by atoms with Crippen LogP contribution in [0, 0.1) is 11.3 Å². The molecule has 0 radical (unpaired) electrons. The summed E-state index contributed by atoms with van der Waals surface area (Å²) in [7, 11) is 0. The van der Waals surface area contributed by atoms with E-state index >= 15 is 0 Å². The third-order valence-electron chi connectivity index (χ3n) is 2.50. The summed E-state index contributed by atoms with van der Waals surface area (Å²) in [6, 6.07) is 16.3. The van der Waals surface area contributed by atoms with Crippen molar-refractivity contribution in [2.24, 2.45) is 10.7 Å². The fraction of sp³-hybridized carbons (Fsp3) is 0. The second kappa shape index (κ2) is 5.02. The minimum absolute atomic E-state index is 0.302. The molecule has 0 aliphatic carbocycles. The summed E-state index contributed by atoms with van der Waals surface area (Å²) in [6.07, 6.45) is 0. The third-order valence-corrected chi connectivity index (χ3v) is 2.50. The monoisotopic (exact) mass is 236 g/mol. The highest BCUT2D eigenvalue weighted by atomic mass is 14.9. The molecule has 0 saturated carbocycles. The van der Waals surface area contributed by atoms with Crippen LogP contribution in [0.15, 0.2) is 53.5 Å². The molecule has 0 amide bonds. The van der Waals surface area contributed by atoms with Crippen LogP contribution in [0.5, 0.6) is 0 Å². The predicted molar refractivity (Wildman–Crippen MR) is 72.4 cm³/mol. The van der Waals surface area contributed by atoms with E-state index in [0.29, 0.717) is 28.3 Å². The van der Waals surface area contributed by atoms with Gasteiger partial charge in [0.1, 0.15) is 11.9 Å². The Morgan fingerprint density at radius 3 is 2.44 bits per heavy atom. The van der Waals surface area contributed by atoms with Gasteiger partial charge in [0.25, 0.3) is 0 Å². The minimum atomic E-state index is 0.302. The molecule has 4 heteroatoms. The van der Waals surface area contributed by atoms with Crippen molar-refractivity contribution in [3.8, 4) is 6.07 Å². The van der Waals surface area contributed by atoms with Gasteiger partial charge in [0.05, 0.1) is 11.3 Å². The van der Waals surface area contributed by atoms with Gasteiger partial charge >= 0.3 is 0 Å². The number of nitrogens with two attached hydrogens (primary N) is 2. The quantitative estimate of drug-likeness (QED) is 0.476. The van der Waals surface area contributed by atoms with Crippen molar-refractivity contribution < 1.29 is 0 Å². The van der Waals surface area contributed by atoms with E-state index in [1.165, 1.54) is 0 Å². The lowest BCUT2D eigenvalue weighted by Gasteiger charge is -2.05. The number of hydrogen-bond acceptors (Lipinski definition) is 3. The van der Waals surface area contributed by atoms with Gasteiger partial charge in [0, 0.05) is 11.3 Å². The Kier molecular flexibility index (Phi) is 3.26. The SMILES string of the molecule is N#Cc1ccccc1N=C(N)c1ccccc1N. The molecule has 2 rings (SSSR count). The van der Waals surface area contributed by atoms with Gasteiger partial charge < -0.3 is 11.5 Å². The van der Waals surface area contributed by atoms with Gasteiger partial charge in [-0.1, -0.05) is 24.3 Å². The molecule has 0 aliphatic rings. The van der Waals surface area contributed by atoms with Crippen LogP contribution in [0.2, 0.25) is 0 Å². The maximum Gasteiger partial charge on any atom is 0.133 e. The van der Waals surface area contributed by atoms with Gasteiger partial charge in [-0.2, -0.15) is 5.26 Å². The van der Waals surface area contributed by atoms with Crippen molar-refractivity contribution in [1.82, 2.24) is 0 Å². The lowest BCUT2D eigenvalue weighted by atomic mass is 10.1. The Hall–Kier alpha value is -2.80. The number of anilines is 1. The molecule has 2 aromatic rings. The molecule has 88 valence electrons. The number of para-hydroxylation sites is 2. The lowest BCUT2D eigenvalue weighted by Crippen LogP contribution is -2.14. The maximum absolute atomic E-state index is 8.97. The Morgan fingerprint density at radius 1 is 1.06 bits per heavy atom. The summed E-state index contributed by atoms with van der Waals surface area (Å²) in [6.45, 7) is 0. The van der Waals surface area contributed by atoms with Crippen molar-refractivity contribution >= 4 is 17.2 Å². The van der Waals surface area contributed by atoms with Crippen molar-refractivity contribution in [2.75, 3.05) is 5.73 Å². The van der Waals surface area contributed by atoms with Crippen LogP contribution in [0.1, 0.15) is 11.1 Å². The highest BCUT2D eigenvalue weighted by Crippen LogP contribution is 2.19. The minimum Gasteiger partial charge on any atom is -0.398 e. The number of amidine groups is 1. The van der Waals surface area contributed by atoms with E-state index in [0.717, 1.165) is 0 Å². The molecule has 0 saturated heterocycles. The summed E-state index contributed by atoms with van der Waals surface area (Å²) in [5.41, 5.74) is 14.0. The molecular weight excluding hydrogens is 224 g/mol. The second-order valence-electron chi connectivity index (χ2n) is 3.71. The molecule has 18 heavy (non-hydrogen) atoms. The molecule has 0 unspecified atom stereocenters. The van der Waals surface area contributed by atoms with Crippen LogP contribution < -0.4 is 11.5 Å². The Morgan fingerprint density at radius 2 is 1.72 bits per heavy atom. The Labute approximate surface area is 105 Å². The smallest absolute Gasteiger partial charge is 0.133 e. The summed E-state index contributed by atoms with van der Waals surface area (Å²) < 4.78 is 0. The summed E-state index contributed by atoms with van der Waals surface area (Å²) >= 11 is 0. The van der Waals surface area contributed by atoms with Crippen LogP contribution in [0.4, 0.5) is 11.4 Å². The normalized spacial score (nSPS) is 10.9. The number of aliphatic imine (C=N–C) groups is 1. The van der Waals surface area contributed by atoms with E-state index in [-0.39, 0.29) is 0 Å². The number of nitrogens with zero attached hydrogens (tertiary/aromatic N) is 2. The summed E-state index contributed by atoms with van der Waals surface area (Å²) in [5.74, 6) is 0.302. The first-order chi connectivity index (χ1) is 8.72. The molecule has 0 heterocycles. The van der Waals surface area contributed by atoms with E-state index in [2.05, 4.69) is 11.1 Å². The molecule has 4 nitrogen and oxygen atoms in total. The van der Waals surface area contributed by atoms with E-state index in [1.807, 2.05) is 12.1 Å². The van der Waals surface area contributed by atoms with E-state index in [1.54, 1.807) is 36.4 Å². The number of rotatable bonds is 2. The summed E-state index contributed by atoms with van der Waals surface area (Å²) in [5, 5.41) is 8.97. The van der Waals surface area contributed by atoms with Gasteiger partial charge in [-0.25, -0.2) is 4.99 Å². The first-order valence-corrected chi connectivity index (χ1v) is 5.40. The number of nitrogen functional groups attached to an aromatic ring is 1. The topological polar surface area (TPSA) is 88.2 Å². The van der Waals surface area contributed by atoms with Gasteiger partial charge in [0.15, 0.2) is 0 Å². The van der Waals surface area contributed by atoms with Gasteiger partial charge in [-0.3, -0.25) is 0 Å². The predicted octanol–water partition coefficient (Wildman–Crippen LogP) is 2.18. The number of benzene rings is 2. The van der Waals surface area contributed by atoms with Gasteiger partial charge in [-0.05, 0) is 24.3 Å². The highest BCUT2D eigenvalue weighted by molar-refractivity contribution is 6.03. The Balaban J connectivity index is 2.46. The molecule has 0 fully saturated rings. The molecule has 2 aromatic carbocycles. The zero-order chi connectivity index (χ0) is 13.0. The van der Waals surface area contributed by atoms with Crippen LogP contribution >= 0.6 is 0 Å². The fourth-order valence-electron chi connectivity index (χ4n) is 1.59. The van der Waals surface area contributed by atoms with Crippen molar-refractivity contribution in [1.29, 1.82) is 5.26 Å². The molecular formula is C14H12N4. The lowest BCUT2D eigenvalue weighted by molar-refractivity contribution is 1.41. The Bertz CT molecular complexity index is 638. The maximum atomic E-state index is 8.97. The first-order valence-electron chi connectivity index (χ1n) is 5.40. The van der Waals surface area contributed by atoms with E-state index in [9.17, 15) is 0 Å². The van der Waals surface area contributed by atoms with Crippen molar-refractivity contribution in [3.05, 3.63) is 59.7 Å². The van der Waals surface area contributed by atoms with Crippen LogP contribution in [0.3, 0.4) is 0 Å². The number of hydrogen-bond donors (Lipinski definition) is 2. The molecule has 0 spiro atoms.